The predicted molar refractivity (Wildman–Crippen MR) is 135 cm³/mol. The molecule has 2 unspecified atom stereocenters. The first-order valence-corrected chi connectivity index (χ1v) is 12.2. The van der Waals surface area contributed by atoms with Gasteiger partial charge >= 0.3 is 0 Å². The molecule has 1 amide bonds. The average molecular weight is 467 g/mol. The third-order valence-corrected chi connectivity index (χ3v) is 6.52. The lowest BCUT2D eigenvalue weighted by molar-refractivity contribution is -0.137. The van der Waals surface area contributed by atoms with Crippen molar-refractivity contribution < 1.29 is 19.2 Å². The van der Waals surface area contributed by atoms with Crippen LogP contribution < -0.4 is 10.6 Å². The highest BCUT2D eigenvalue weighted by atomic mass is 16.2. The number of likely N-dealkylation sites (N-methyl/N-ethyl adjacent to an activating group) is 1. The summed E-state index contributed by atoms with van der Waals surface area (Å²) < 4.78 is 0. The van der Waals surface area contributed by atoms with Crippen LogP contribution in [0.15, 0.2) is 0 Å². The first-order valence-electron chi connectivity index (χ1n) is 12.2. The fourth-order valence-electron chi connectivity index (χ4n) is 5.66. The van der Waals surface area contributed by atoms with Crippen molar-refractivity contribution in [3.8, 4) is 0 Å². The highest BCUT2D eigenvalue weighted by Gasteiger charge is 2.43. The minimum Gasteiger partial charge on any atom is -0.345 e. The molecule has 192 valence electrons. The van der Waals surface area contributed by atoms with Crippen LogP contribution in [-0.2, 0) is 19.2 Å². The van der Waals surface area contributed by atoms with Crippen molar-refractivity contribution in [2.24, 2.45) is 21.7 Å². The molecule has 0 aliphatic rings. The zero-order valence-electron chi connectivity index (χ0n) is 23.3. The molecule has 33 heavy (non-hydrogen) atoms. The van der Waals surface area contributed by atoms with Gasteiger partial charge < -0.3 is 15.4 Å². The number of hydrogen-bond donors (Lipinski definition) is 2. The molecule has 0 saturated heterocycles. The number of carbonyl (C=O) groups is 4. The molecule has 0 saturated carbocycles. The van der Waals surface area contributed by atoms with Crippen molar-refractivity contribution >= 4 is 23.3 Å². The maximum atomic E-state index is 13.5. The zero-order chi connectivity index (χ0) is 26.4. The summed E-state index contributed by atoms with van der Waals surface area (Å²) in [6.07, 6.45) is 2.58. The molecule has 0 bridgehead atoms. The molecule has 0 aromatic rings. The summed E-state index contributed by atoms with van der Waals surface area (Å²) in [5, 5.41) is 6.14. The quantitative estimate of drug-likeness (QED) is 0.359. The number of hydrogen-bond acceptors (Lipinski definition) is 5. The van der Waals surface area contributed by atoms with E-state index in [4.69, 9.17) is 0 Å². The van der Waals surface area contributed by atoms with Gasteiger partial charge in [0.2, 0.25) is 5.91 Å². The molecule has 6 nitrogen and oxygen atoms in total. The minimum absolute atomic E-state index is 0.00568. The topological polar surface area (TPSA) is 92.3 Å². The second kappa shape index (κ2) is 11.7. The van der Waals surface area contributed by atoms with Crippen molar-refractivity contribution in [1.82, 2.24) is 10.6 Å². The molecule has 0 aliphatic heterocycles. The Hall–Kier alpha value is -1.56. The fraction of sp³-hybridized carbons (Fsp3) is 0.852. The van der Waals surface area contributed by atoms with Gasteiger partial charge in [0.05, 0.1) is 12.1 Å². The van der Waals surface area contributed by atoms with Gasteiger partial charge in [0.1, 0.15) is 11.6 Å². The second-order valence-corrected chi connectivity index (χ2v) is 12.8. The van der Waals surface area contributed by atoms with Gasteiger partial charge in [-0.2, -0.15) is 0 Å². The van der Waals surface area contributed by atoms with E-state index in [2.05, 4.69) is 24.5 Å². The lowest BCUT2D eigenvalue weighted by Crippen LogP contribution is -2.55. The molecule has 0 radical (unpaired) electrons. The average Bonchev–Trinajstić information content (AvgIpc) is 2.59. The van der Waals surface area contributed by atoms with E-state index in [9.17, 15) is 19.2 Å². The highest BCUT2D eigenvalue weighted by Crippen LogP contribution is 2.41. The van der Waals surface area contributed by atoms with Gasteiger partial charge in [0.15, 0.2) is 5.78 Å². The normalized spacial score (nSPS) is 15.0. The number of amides is 1. The molecular weight excluding hydrogens is 416 g/mol. The monoisotopic (exact) mass is 466 g/mol. The van der Waals surface area contributed by atoms with Crippen molar-refractivity contribution in [3.05, 3.63) is 0 Å². The molecule has 0 aliphatic carbocycles. The number of rotatable bonds is 15. The van der Waals surface area contributed by atoms with Crippen LogP contribution in [0.2, 0.25) is 0 Å². The Kier molecular flexibility index (Phi) is 11.2. The van der Waals surface area contributed by atoms with Crippen LogP contribution in [0.4, 0.5) is 0 Å². The van der Waals surface area contributed by atoms with Gasteiger partial charge in [-0.3, -0.25) is 14.4 Å². The van der Waals surface area contributed by atoms with Crippen LogP contribution in [0.25, 0.3) is 0 Å². The van der Waals surface area contributed by atoms with E-state index in [1.807, 2.05) is 48.5 Å². The minimum atomic E-state index is -0.726. The first-order chi connectivity index (χ1) is 14.7. The first kappa shape index (κ1) is 31.4. The van der Waals surface area contributed by atoms with Gasteiger partial charge in [0.25, 0.3) is 0 Å². The van der Waals surface area contributed by atoms with Gasteiger partial charge in [-0.25, -0.2) is 0 Å². The van der Waals surface area contributed by atoms with E-state index < -0.39 is 16.9 Å². The van der Waals surface area contributed by atoms with Crippen LogP contribution in [0.3, 0.4) is 0 Å². The van der Waals surface area contributed by atoms with Crippen LogP contribution in [0.1, 0.15) is 108 Å². The Morgan fingerprint density at radius 3 is 1.73 bits per heavy atom. The third-order valence-electron chi connectivity index (χ3n) is 6.52. The maximum Gasteiger partial charge on any atom is 0.226 e. The van der Waals surface area contributed by atoms with E-state index in [0.717, 1.165) is 0 Å². The Morgan fingerprint density at radius 2 is 1.33 bits per heavy atom. The third kappa shape index (κ3) is 10.5. The highest BCUT2D eigenvalue weighted by molar-refractivity contribution is 5.91. The second-order valence-electron chi connectivity index (χ2n) is 12.8. The number of nitrogens with one attached hydrogen (secondary N) is 2. The summed E-state index contributed by atoms with van der Waals surface area (Å²) >= 11 is 0. The SMILES string of the molecule is CCC(=O)C(NC(=O)C(C)(C)CC(C)(C)CC(NC)C(C)=O)C(C)(C)CC(C)(C)CC(C)=O. The van der Waals surface area contributed by atoms with Crippen molar-refractivity contribution in [1.29, 1.82) is 0 Å². The summed E-state index contributed by atoms with van der Waals surface area (Å²) in [6.45, 7) is 21.0. The fourth-order valence-corrected chi connectivity index (χ4v) is 5.66. The number of ketones is 3. The van der Waals surface area contributed by atoms with Gasteiger partial charge in [-0.05, 0) is 56.4 Å². The van der Waals surface area contributed by atoms with Crippen LogP contribution in [0.5, 0.6) is 0 Å². The number of Topliss-reactive ketones (excluding diaryl/α,β-unsaturated/α-hetero) is 3. The summed E-state index contributed by atoms with van der Waals surface area (Å²) in [7, 11) is 1.77. The molecule has 0 spiro atoms. The van der Waals surface area contributed by atoms with E-state index in [1.165, 1.54) is 0 Å². The largest absolute Gasteiger partial charge is 0.345 e. The van der Waals surface area contributed by atoms with Crippen molar-refractivity contribution in [3.63, 3.8) is 0 Å². The summed E-state index contributed by atoms with van der Waals surface area (Å²) in [6, 6.07) is -0.887. The van der Waals surface area contributed by atoms with E-state index in [0.29, 0.717) is 32.1 Å². The Bertz CT molecular complexity index is 720. The molecular formula is C27H50N2O4. The Labute approximate surface area is 202 Å². The molecule has 0 fully saturated rings. The smallest absolute Gasteiger partial charge is 0.226 e. The van der Waals surface area contributed by atoms with Crippen molar-refractivity contribution in [2.75, 3.05) is 7.05 Å². The van der Waals surface area contributed by atoms with E-state index in [1.54, 1.807) is 20.9 Å². The van der Waals surface area contributed by atoms with Gasteiger partial charge in [-0.15, -0.1) is 0 Å². The summed E-state index contributed by atoms with van der Waals surface area (Å²) in [5.41, 5.74) is -1.78. The van der Waals surface area contributed by atoms with Gasteiger partial charge in [0, 0.05) is 18.3 Å². The number of carbonyl (C=O) groups excluding carboxylic acids is 4. The molecule has 0 aromatic carbocycles. The summed E-state index contributed by atoms with van der Waals surface area (Å²) in [4.78, 5) is 50.0. The molecule has 0 heterocycles. The van der Waals surface area contributed by atoms with Crippen LogP contribution in [0, 0.1) is 21.7 Å². The zero-order valence-corrected chi connectivity index (χ0v) is 23.3. The van der Waals surface area contributed by atoms with Gasteiger partial charge in [-0.1, -0.05) is 62.3 Å². The molecule has 0 aromatic heterocycles. The summed E-state index contributed by atoms with van der Waals surface area (Å²) in [5.74, 6) is 0.0286. The molecule has 6 heteroatoms. The Morgan fingerprint density at radius 1 is 0.818 bits per heavy atom. The standard InChI is InChI=1S/C27H50N2O4/c1-13-21(32)22(26(8,9)16-24(4,5)14-18(2)30)29-23(33)27(10,11)17-25(6,7)15-20(28-12)19(3)31/h20,22,28H,13-17H2,1-12H3,(H,29,33). The van der Waals surface area contributed by atoms with Crippen LogP contribution in [-0.4, -0.2) is 42.4 Å². The lowest BCUT2D eigenvalue weighted by atomic mass is 9.67. The van der Waals surface area contributed by atoms with Crippen LogP contribution >= 0.6 is 0 Å². The molecule has 2 N–H and O–H groups in total. The lowest BCUT2D eigenvalue weighted by Gasteiger charge is -2.42. The Balaban J connectivity index is 5.70. The van der Waals surface area contributed by atoms with E-state index in [-0.39, 0.29) is 40.1 Å². The maximum absolute atomic E-state index is 13.5. The van der Waals surface area contributed by atoms with Crippen molar-refractivity contribution in [2.45, 2.75) is 120 Å². The predicted octanol–water partition coefficient (Wildman–Crippen LogP) is 4.88. The molecule has 0 rings (SSSR count). The molecule has 2 atom stereocenters. The van der Waals surface area contributed by atoms with E-state index >= 15 is 0 Å².